The SMILES string of the molecule is CCN1CCC(N(C)CC2CCCCC2CN)CC1. The first kappa shape index (κ1) is 15.3. The van der Waals surface area contributed by atoms with Gasteiger partial charge in [0.15, 0.2) is 0 Å². The highest BCUT2D eigenvalue weighted by atomic mass is 15.2. The summed E-state index contributed by atoms with van der Waals surface area (Å²) in [6, 6.07) is 0.808. The van der Waals surface area contributed by atoms with Crippen LogP contribution < -0.4 is 5.73 Å². The Balaban J connectivity index is 1.78. The number of hydrogen-bond donors (Lipinski definition) is 1. The van der Waals surface area contributed by atoms with Crippen LogP contribution in [0.2, 0.25) is 0 Å². The van der Waals surface area contributed by atoms with E-state index in [0.717, 1.165) is 24.4 Å². The van der Waals surface area contributed by atoms with Crippen LogP contribution in [0.5, 0.6) is 0 Å². The van der Waals surface area contributed by atoms with Crippen molar-refractivity contribution in [2.45, 2.75) is 51.5 Å². The Labute approximate surface area is 119 Å². The van der Waals surface area contributed by atoms with Crippen LogP contribution in [0.4, 0.5) is 0 Å². The molecule has 1 heterocycles. The average molecular weight is 267 g/mol. The maximum atomic E-state index is 5.96. The third-order valence-electron chi connectivity index (χ3n) is 5.52. The molecule has 0 bridgehead atoms. The summed E-state index contributed by atoms with van der Waals surface area (Å²) in [6.45, 7) is 8.24. The molecule has 2 atom stereocenters. The molecule has 0 radical (unpaired) electrons. The molecular weight excluding hydrogens is 234 g/mol. The molecule has 2 fully saturated rings. The first-order chi connectivity index (χ1) is 9.24. The van der Waals surface area contributed by atoms with Gasteiger partial charge in [-0.2, -0.15) is 0 Å². The normalized spacial score (nSPS) is 30.9. The molecule has 3 nitrogen and oxygen atoms in total. The summed E-state index contributed by atoms with van der Waals surface area (Å²) in [5, 5.41) is 0. The van der Waals surface area contributed by atoms with Crippen molar-refractivity contribution in [2.24, 2.45) is 17.6 Å². The largest absolute Gasteiger partial charge is 0.330 e. The zero-order chi connectivity index (χ0) is 13.7. The molecule has 2 aliphatic rings. The summed E-state index contributed by atoms with van der Waals surface area (Å²) >= 11 is 0. The van der Waals surface area contributed by atoms with E-state index >= 15 is 0 Å². The van der Waals surface area contributed by atoms with E-state index in [0.29, 0.717) is 0 Å². The molecule has 1 saturated heterocycles. The van der Waals surface area contributed by atoms with Crippen LogP contribution in [0.1, 0.15) is 45.4 Å². The summed E-state index contributed by atoms with van der Waals surface area (Å²) in [4.78, 5) is 5.22. The van der Waals surface area contributed by atoms with Crippen LogP contribution >= 0.6 is 0 Å². The van der Waals surface area contributed by atoms with Crippen molar-refractivity contribution >= 4 is 0 Å². The highest BCUT2D eigenvalue weighted by Crippen LogP contribution is 2.30. The van der Waals surface area contributed by atoms with Gasteiger partial charge in [-0.05, 0) is 70.7 Å². The zero-order valence-electron chi connectivity index (χ0n) is 13.0. The molecule has 0 aromatic heterocycles. The van der Waals surface area contributed by atoms with E-state index in [1.807, 2.05) is 0 Å². The van der Waals surface area contributed by atoms with E-state index in [2.05, 4.69) is 23.8 Å². The predicted octanol–water partition coefficient (Wildman–Crippen LogP) is 2.17. The number of rotatable bonds is 5. The minimum Gasteiger partial charge on any atom is -0.330 e. The Morgan fingerprint density at radius 2 is 1.68 bits per heavy atom. The summed E-state index contributed by atoms with van der Waals surface area (Å²) in [7, 11) is 2.34. The Kier molecular flexibility index (Phi) is 6.11. The van der Waals surface area contributed by atoms with Crippen molar-refractivity contribution in [3.63, 3.8) is 0 Å². The molecule has 2 N–H and O–H groups in total. The lowest BCUT2D eigenvalue weighted by molar-refractivity contribution is 0.0953. The van der Waals surface area contributed by atoms with Crippen molar-refractivity contribution in [1.82, 2.24) is 9.80 Å². The molecule has 19 heavy (non-hydrogen) atoms. The van der Waals surface area contributed by atoms with Crippen LogP contribution in [-0.2, 0) is 0 Å². The fraction of sp³-hybridized carbons (Fsp3) is 1.00. The molecule has 0 aromatic carbocycles. The van der Waals surface area contributed by atoms with Crippen molar-refractivity contribution in [3.8, 4) is 0 Å². The lowest BCUT2D eigenvalue weighted by atomic mass is 9.79. The molecule has 1 saturated carbocycles. The molecule has 0 amide bonds. The van der Waals surface area contributed by atoms with Gasteiger partial charge in [-0.1, -0.05) is 19.8 Å². The van der Waals surface area contributed by atoms with E-state index < -0.39 is 0 Å². The standard InChI is InChI=1S/C16H33N3/c1-3-19-10-8-16(9-11-19)18(2)13-15-7-5-4-6-14(15)12-17/h14-16H,3-13,17H2,1-2H3. The molecule has 0 aromatic rings. The zero-order valence-corrected chi connectivity index (χ0v) is 13.0. The summed E-state index contributed by atoms with van der Waals surface area (Å²) in [6.07, 6.45) is 8.29. The van der Waals surface area contributed by atoms with Crippen LogP contribution in [-0.4, -0.2) is 55.6 Å². The average Bonchev–Trinajstić information content (AvgIpc) is 2.48. The minimum atomic E-state index is 0.784. The summed E-state index contributed by atoms with van der Waals surface area (Å²) in [5.74, 6) is 1.64. The van der Waals surface area contributed by atoms with Crippen LogP contribution in [0.15, 0.2) is 0 Å². The number of nitrogens with two attached hydrogens (primary N) is 1. The van der Waals surface area contributed by atoms with Gasteiger partial charge in [0.2, 0.25) is 0 Å². The fourth-order valence-electron chi connectivity index (χ4n) is 4.03. The number of piperidine rings is 1. The highest BCUT2D eigenvalue weighted by molar-refractivity contribution is 4.83. The monoisotopic (exact) mass is 267 g/mol. The second-order valence-electron chi connectivity index (χ2n) is 6.65. The van der Waals surface area contributed by atoms with Crippen molar-refractivity contribution in [1.29, 1.82) is 0 Å². The maximum absolute atomic E-state index is 5.96. The predicted molar refractivity (Wildman–Crippen MR) is 82.3 cm³/mol. The quantitative estimate of drug-likeness (QED) is 0.828. The lowest BCUT2D eigenvalue weighted by Gasteiger charge is -2.40. The molecule has 1 aliphatic heterocycles. The van der Waals surface area contributed by atoms with E-state index in [1.54, 1.807) is 0 Å². The Morgan fingerprint density at radius 3 is 2.26 bits per heavy atom. The minimum absolute atomic E-state index is 0.784. The van der Waals surface area contributed by atoms with Crippen LogP contribution in [0.3, 0.4) is 0 Å². The first-order valence-corrected chi connectivity index (χ1v) is 8.37. The van der Waals surface area contributed by atoms with Gasteiger partial charge in [0.25, 0.3) is 0 Å². The van der Waals surface area contributed by atoms with Gasteiger partial charge < -0.3 is 15.5 Å². The molecule has 2 unspecified atom stereocenters. The summed E-state index contributed by atoms with van der Waals surface area (Å²) < 4.78 is 0. The van der Waals surface area contributed by atoms with E-state index in [-0.39, 0.29) is 0 Å². The van der Waals surface area contributed by atoms with E-state index in [9.17, 15) is 0 Å². The first-order valence-electron chi connectivity index (χ1n) is 8.37. The number of likely N-dealkylation sites (tertiary alicyclic amines) is 1. The fourth-order valence-corrected chi connectivity index (χ4v) is 4.03. The van der Waals surface area contributed by atoms with Crippen molar-refractivity contribution in [3.05, 3.63) is 0 Å². The molecule has 0 spiro atoms. The van der Waals surface area contributed by atoms with Gasteiger partial charge >= 0.3 is 0 Å². The molecule has 3 heteroatoms. The Hall–Kier alpha value is -0.120. The van der Waals surface area contributed by atoms with Gasteiger partial charge in [-0.25, -0.2) is 0 Å². The summed E-state index contributed by atoms with van der Waals surface area (Å²) in [5.41, 5.74) is 5.96. The van der Waals surface area contributed by atoms with Gasteiger partial charge in [-0.15, -0.1) is 0 Å². The molecular formula is C16H33N3. The van der Waals surface area contributed by atoms with Gasteiger partial charge in [0, 0.05) is 12.6 Å². The number of hydrogen-bond acceptors (Lipinski definition) is 3. The van der Waals surface area contributed by atoms with Gasteiger partial charge in [-0.3, -0.25) is 0 Å². The maximum Gasteiger partial charge on any atom is 0.0117 e. The highest BCUT2D eigenvalue weighted by Gasteiger charge is 2.28. The number of nitrogens with zero attached hydrogens (tertiary/aromatic N) is 2. The molecule has 112 valence electrons. The third kappa shape index (κ3) is 4.17. The molecule has 2 rings (SSSR count). The van der Waals surface area contributed by atoms with Crippen LogP contribution in [0, 0.1) is 11.8 Å². The van der Waals surface area contributed by atoms with Crippen molar-refractivity contribution < 1.29 is 0 Å². The second kappa shape index (κ2) is 7.61. The topological polar surface area (TPSA) is 32.5 Å². The molecule has 1 aliphatic carbocycles. The van der Waals surface area contributed by atoms with Gasteiger partial charge in [0.05, 0.1) is 0 Å². The second-order valence-corrected chi connectivity index (χ2v) is 6.65. The third-order valence-corrected chi connectivity index (χ3v) is 5.52. The van der Waals surface area contributed by atoms with E-state index in [1.165, 1.54) is 64.7 Å². The van der Waals surface area contributed by atoms with E-state index in [4.69, 9.17) is 5.73 Å². The Bertz CT molecular complexity index is 248. The van der Waals surface area contributed by atoms with Crippen LogP contribution in [0.25, 0.3) is 0 Å². The van der Waals surface area contributed by atoms with Crippen molar-refractivity contribution in [2.75, 3.05) is 39.8 Å². The smallest absolute Gasteiger partial charge is 0.0117 e. The Morgan fingerprint density at radius 1 is 1.05 bits per heavy atom. The lowest BCUT2D eigenvalue weighted by Crippen LogP contribution is -2.46. The van der Waals surface area contributed by atoms with Gasteiger partial charge in [0.1, 0.15) is 0 Å².